The van der Waals surface area contributed by atoms with Gasteiger partial charge < -0.3 is 9.64 Å². The fraction of sp³-hybridized carbons (Fsp3) is 0.278. The van der Waals surface area contributed by atoms with Crippen LogP contribution in [0.4, 0.5) is 5.69 Å². The molecule has 0 radical (unpaired) electrons. The number of carbonyl (C=O) groups excluding carboxylic acids is 1. The van der Waals surface area contributed by atoms with Crippen LogP contribution in [0, 0.1) is 5.92 Å². The second-order valence-corrected chi connectivity index (χ2v) is 5.87. The third-order valence-electron chi connectivity index (χ3n) is 4.04. The van der Waals surface area contributed by atoms with Crippen LogP contribution in [0.15, 0.2) is 48.5 Å². The Balaban J connectivity index is 2.01. The summed E-state index contributed by atoms with van der Waals surface area (Å²) in [4.78, 5) is 14.2. The third-order valence-corrected chi connectivity index (χ3v) is 4.56. The molecule has 1 amide bonds. The SMILES string of the molecule is COc1cccc(-c2ccccc2N2CC(CS)CC2=O)c1. The summed E-state index contributed by atoms with van der Waals surface area (Å²) in [5.41, 5.74) is 3.07. The quantitative estimate of drug-likeness (QED) is 0.873. The van der Waals surface area contributed by atoms with E-state index < -0.39 is 0 Å². The molecule has 0 aliphatic carbocycles. The number of ether oxygens (including phenoxy) is 1. The Labute approximate surface area is 136 Å². The lowest BCUT2D eigenvalue weighted by Gasteiger charge is -2.20. The maximum atomic E-state index is 12.3. The van der Waals surface area contributed by atoms with Crippen molar-refractivity contribution in [2.75, 3.05) is 24.3 Å². The van der Waals surface area contributed by atoms with Gasteiger partial charge in [-0.05, 0) is 35.4 Å². The molecule has 22 heavy (non-hydrogen) atoms. The first-order valence-electron chi connectivity index (χ1n) is 7.37. The minimum Gasteiger partial charge on any atom is -0.497 e. The van der Waals surface area contributed by atoms with Gasteiger partial charge in [0.2, 0.25) is 5.91 Å². The van der Waals surface area contributed by atoms with E-state index in [1.165, 1.54) is 0 Å². The van der Waals surface area contributed by atoms with Crippen LogP contribution < -0.4 is 9.64 Å². The molecule has 3 nitrogen and oxygen atoms in total. The van der Waals surface area contributed by atoms with Crippen molar-refractivity contribution < 1.29 is 9.53 Å². The van der Waals surface area contributed by atoms with Crippen molar-refractivity contribution in [1.29, 1.82) is 0 Å². The molecule has 2 aromatic carbocycles. The maximum absolute atomic E-state index is 12.3. The Hall–Kier alpha value is -1.94. The monoisotopic (exact) mass is 313 g/mol. The van der Waals surface area contributed by atoms with E-state index in [-0.39, 0.29) is 5.91 Å². The van der Waals surface area contributed by atoms with Crippen LogP contribution in [0.2, 0.25) is 0 Å². The molecule has 3 rings (SSSR count). The number of carbonyl (C=O) groups is 1. The fourth-order valence-corrected chi connectivity index (χ4v) is 3.12. The Kier molecular flexibility index (Phi) is 4.39. The van der Waals surface area contributed by atoms with Crippen molar-refractivity contribution in [1.82, 2.24) is 0 Å². The number of benzene rings is 2. The van der Waals surface area contributed by atoms with Crippen LogP contribution in [0.5, 0.6) is 5.75 Å². The lowest BCUT2D eigenvalue weighted by Crippen LogP contribution is -2.25. The highest BCUT2D eigenvalue weighted by Gasteiger charge is 2.30. The van der Waals surface area contributed by atoms with Crippen molar-refractivity contribution in [2.24, 2.45) is 5.92 Å². The summed E-state index contributed by atoms with van der Waals surface area (Å²) < 4.78 is 5.31. The average molecular weight is 313 g/mol. The Morgan fingerprint density at radius 3 is 2.77 bits per heavy atom. The van der Waals surface area contributed by atoms with E-state index in [1.54, 1.807) is 7.11 Å². The van der Waals surface area contributed by atoms with Crippen LogP contribution in [0.3, 0.4) is 0 Å². The Morgan fingerprint density at radius 2 is 2.05 bits per heavy atom. The highest BCUT2D eigenvalue weighted by atomic mass is 32.1. The molecule has 1 unspecified atom stereocenters. The van der Waals surface area contributed by atoms with Crippen LogP contribution in [0.1, 0.15) is 6.42 Å². The molecule has 1 aliphatic heterocycles. The number of methoxy groups -OCH3 is 1. The largest absolute Gasteiger partial charge is 0.497 e. The summed E-state index contributed by atoms with van der Waals surface area (Å²) in [7, 11) is 1.66. The zero-order valence-corrected chi connectivity index (χ0v) is 13.4. The molecule has 1 heterocycles. The molecule has 0 saturated carbocycles. The zero-order chi connectivity index (χ0) is 15.5. The first kappa shape index (κ1) is 15.0. The van der Waals surface area contributed by atoms with Gasteiger partial charge in [-0.3, -0.25) is 4.79 Å². The number of thiol groups is 1. The van der Waals surface area contributed by atoms with Crippen molar-refractivity contribution in [3.63, 3.8) is 0 Å². The first-order chi connectivity index (χ1) is 10.7. The number of anilines is 1. The van der Waals surface area contributed by atoms with Gasteiger partial charge in [0.1, 0.15) is 5.75 Å². The first-order valence-corrected chi connectivity index (χ1v) is 8.01. The molecule has 1 fully saturated rings. The van der Waals surface area contributed by atoms with Crippen LogP contribution >= 0.6 is 12.6 Å². The number of hydrogen-bond acceptors (Lipinski definition) is 3. The highest BCUT2D eigenvalue weighted by molar-refractivity contribution is 7.80. The summed E-state index contributed by atoms with van der Waals surface area (Å²) >= 11 is 4.34. The lowest BCUT2D eigenvalue weighted by molar-refractivity contribution is -0.117. The van der Waals surface area contributed by atoms with Gasteiger partial charge in [0.25, 0.3) is 0 Å². The lowest BCUT2D eigenvalue weighted by atomic mass is 10.0. The van der Waals surface area contributed by atoms with E-state index in [9.17, 15) is 4.79 Å². The van der Waals surface area contributed by atoms with Gasteiger partial charge in [0, 0.05) is 18.5 Å². The fourth-order valence-electron chi connectivity index (χ4n) is 2.88. The van der Waals surface area contributed by atoms with Gasteiger partial charge in [0.15, 0.2) is 0 Å². The molecule has 1 atom stereocenters. The van der Waals surface area contributed by atoms with Gasteiger partial charge in [-0.25, -0.2) is 0 Å². The summed E-state index contributed by atoms with van der Waals surface area (Å²) in [6, 6.07) is 15.9. The molecule has 4 heteroatoms. The summed E-state index contributed by atoms with van der Waals surface area (Å²) in [6.45, 7) is 0.739. The van der Waals surface area contributed by atoms with Crippen LogP contribution in [-0.2, 0) is 4.79 Å². The van der Waals surface area contributed by atoms with E-state index in [0.717, 1.165) is 34.9 Å². The van der Waals surface area contributed by atoms with Crippen molar-refractivity contribution in [3.05, 3.63) is 48.5 Å². The molecule has 0 N–H and O–H groups in total. The van der Waals surface area contributed by atoms with E-state index >= 15 is 0 Å². The number of hydrogen-bond donors (Lipinski definition) is 1. The second kappa shape index (κ2) is 6.44. The Bertz CT molecular complexity index is 686. The van der Waals surface area contributed by atoms with Gasteiger partial charge in [-0.1, -0.05) is 30.3 Å². The van der Waals surface area contributed by atoms with Gasteiger partial charge >= 0.3 is 0 Å². The van der Waals surface area contributed by atoms with Gasteiger partial charge in [0.05, 0.1) is 12.8 Å². The smallest absolute Gasteiger partial charge is 0.227 e. The number of nitrogens with zero attached hydrogens (tertiary/aromatic N) is 1. The van der Waals surface area contributed by atoms with E-state index in [0.29, 0.717) is 12.3 Å². The van der Waals surface area contributed by atoms with Crippen LogP contribution in [-0.4, -0.2) is 25.3 Å². The molecule has 114 valence electrons. The second-order valence-electron chi connectivity index (χ2n) is 5.51. The minimum atomic E-state index is 0.175. The average Bonchev–Trinajstić information content (AvgIpc) is 2.96. The standard InChI is InChI=1S/C18H19NO2S/c1-21-15-6-4-5-14(10-15)16-7-2-3-8-17(16)19-11-13(12-22)9-18(19)20/h2-8,10,13,22H,9,11-12H2,1H3. The topological polar surface area (TPSA) is 29.5 Å². The number of rotatable bonds is 4. The highest BCUT2D eigenvalue weighted by Crippen LogP contribution is 2.35. The Morgan fingerprint density at radius 1 is 1.23 bits per heavy atom. The predicted octanol–water partition coefficient (Wildman–Crippen LogP) is 3.64. The normalized spacial score (nSPS) is 17.8. The third kappa shape index (κ3) is 2.83. The van der Waals surface area contributed by atoms with Crippen molar-refractivity contribution in [3.8, 4) is 16.9 Å². The maximum Gasteiger partial charge on any atom is 0.227 e. The van der Waals surface area contributed by atoms with Crippen molar-refractivity contribution in [2.45, 2.75) is 6.42 Å². The molecule has 0 spiro atoms. The molecule has 2 aromatic rings. The molecule has 1 aliphatic rings. The molecule has 1 saturated heterocycles. The molecular formula is C18H19NO2S. The van der Waals surface area contributed by atoms with Gasteiger partial charge in [-0.15, -0.1) is 0 Å². The zero-order valence-electron chi connectivity index (χ0n) is 12.5. The molecular weight excluding hydrogens is 294 g/mol. The van der Waals surface area contributed by atoms with E-state index in [4.69, 9.17) is 4.74 Å². The summed E-state index contributed by atoms with van der Waals surface area (Å²) in [5.74, 6) is 2.06. The number of amides is 1. The summed E-state index contributed by atoms with van der Waals surface area (Å²) in [5, 5.41) is 0. The van der Waals surface area contributed by atoms with E-state index in [2.05, 4.69) is 12.6 Å². The predicted molar refractivity (Wildman–Crippen MR) is 92.7 cm³/mol. The summed E-state index contributed by atoms with van der Waals surface area (Å²) in [6.07, 6.45) is 0.579. The number of para-hydroxylation sites is 1. The molecule has 0 bridgehead atoms. The minimum absolute atomic E-state index is 0.175. The van der Waals surface area contributed by atoms with E-state index in [1.807, 2.05) is 53.4 Å². The van der Waals surface area contributed by atoms with Crippen LogP contribution in [0.25, 0.3) is 11.1 Å². The van der Waals surface area contributed by atoms with Crippen molar-refractivity contribution >= 4 is 24.2 Å². The van der Waals surface area contributed by atoms with Gasteiger partial charge in [-0.2, -0.15) is 12.6 Å². The molecule has 0 aromatic heterocycles.